The summed E-state index contributed by atoms with van der Waals surface area (Å²) in [6.45, 7) is 3.13. The molecule has 4 nitrogen and oxygen atoms in total. The number of rotatable bonds is 1. The lowest BCUT2D eigenvalue weighted by Crippen LogP contribution is -2.24. The van der Waals surface area contributed by atoms with Crippen LogP contribution in [0.5, 0.6) is 0 Å². The monoisotopic (exact) mass is 421 g/mol. The van der Waals surface area contributed by atoms with Gasteiger partial charge in [0.2, 0.25) is 5.92 Å². The van der Waals surface area contributed by atoms with Crippen LogP contribution in [0.25, 0.3) is 21.9 Å². The van der Waals surface area contributed by atoms with Crippen LogP contribution < -0.4 is 0 Å². The van der Waals surface area contributed by atoms with Gasteiger partial charge in [0.25, 0.3) is 0 Å². The van der Waals surface area contributed by atoms with E-state index in [0.717, 1.165) is 34.4 Å². The van der Waals surface area contributed by atoms with Crippen molar-refractivity contribution in [3.05, 3.63) is 35.2 Å². The van der Waals surface area contributed by atoms with Crippen molar-refractivity contribution in [1.82, 2.24) is 15.0 Å². The van der Waals surface area contributed by atoms with E-state index in [2.05, 4.69) is 21.9 Å². The van der Waals surface area contributed by atoms with Crippen molar-refractivity contribution in [3.63, 3.8) is 0 Å². The Kier molecular flexibility index (Phi) is 6.02. The lowest BCUT2D eigenvalue weighted by atomic mass is 9.86. The molecule has 29 heavy (non-hydrogen) atoms. The molecule has 1 saturated carbocycles. The molecule has 5 rings (SSSR count). The fourth-order valence-corrected chi connectivity index (χ4v) is 4.23. The van der Waals surface area contributed by atoms with E-state index < -0.39 is 5.92 Å². The Hall–Kier alpha value is -1.79. The van der Waals surface area contributed by atoms with Crippen LogP contribution >= 0.6 is 11.6 Å². The number of nitrogens with one attached hydrogen (secondary N) is 1. The molecule has 1 N–H and O–H groups in total. The number of hydrogen-bond donors (Lipinski definition) is 1. The minimum Gasteiger partial charge on any atom is -0.379 e. The predicted molar refractivity (Wildman–Crippen MR) is 112 cm³/mol. The van der Waals surface area contributed by atoms with Crippen LogP contribution in [0, 0.1) is 0 Å². The molecular weight excluding hydrogens is 396 g/mol. The molecule has 1 aromatic carbocycles. The van der Waals surface area contributed by atoms with Crippen molar-refractivity contribution in [2.45, 2.75) is 69.8 Å². The smallest absolute Gasteiger partial charge is 0.248 e. The van der Waals surface area contributed by atoms with E-state index in [1.165, 1.54) is 19.3 Å². The van der Waals surface area contributed by atoms with Crippen LogP contribution in [0.4, 0.5) is 8.78 Å². The summed E-state index contributed by atoms with van der Waals surface area (Å²) in [6, 6.07) is 5.48. The van der Waals surface area contributed by atoms with Crippen molar-refractivity contribution in [2.75, 3.05) is 6.61 Å². The van der Waals surface area contributed by atoms with Crippen molar-refractivity contribution in [2.24, 2.45) is 0 Å². The lowest BCUT2D eigenvalue weighted by Gasteiger charge is -2.26. The van der Waals surface area contributed by atoms with E-state index in [1.807, 2.05) is 12.1 Å². The zero-order valence-corrected chi connectivity index (χ0v) is 17.3. The predicted octanol–water partition coefficient (Wildman–Crippen LogP) is 6.63. The third-order valence-electron chi connectivity index (χ3n) is 5.81. The van der Waals surface area contributed by atoms with Gasteiger partial charge in [-0.25, -0.2) is 13.8 Å². The largest absolute Gasteiger partial charge is 0.379 e. The van der Waals surface area contributed by atoms with Gasteiger partial charge in [0.05, 0.1) is 28.9 Å². The van der Waals surface area contributed by atoms with Gasteiger partial charge in [0, 0.05) is 35.8 Å². The van der Waals surface area contributed by atoms with Gasteiger partial charge in [-0.05, 0) is 57.2 Å². The molecule has 0 radical (unpaired) electrons. The molecule has 2 aromatic heterocycles. The molecule has 7 heteroatoms. The summed E-state index contributed by atoms with van der Waals surface area (Å²) in [6.07, 6.45) is 6.94. The molecule has 156 valence electrons. The average Bonchev–Trinajstić information content (AvgIpc) is 3.14. The molecule has 0 bridgehead atoms. The number of alkyl halides is 2. The molecule has 1 aliphatic heterocycles. The fraction of sp³-hybridized carbons (Fsp3) is 0.545. The fourth-order valence-electron chi connectivity index (χ4n) is 4.06. The topological polar surface area (TPSA) is 50.8 Å². The highest BCUT2D eigenvalue weighted by Crippen LogP contribution is 2.40. The van der Waals surface area contributed by atoms with E-state index in [9.17, 15) is 8.78 Å². The summed E-state index contributed by atoms with van der Waals surface area (Å²) in [5.74, 6) is -1.69. The SMILES string of the molecule is C[C@@H]1CCCCO1.FC1(F)CCC(c2nc3c(cnc4ccc(Cl)cc43)[nH]2)CC1. The first-order valence-electron chi connectivity index (χ1n) is 10.3. The van der Waals surface area contributed by atoms with Crippen molar-refractivity contribution >= 4 is 33.5 Å². The van der Waals surface area contributed by atoms with Crippen LogP contribution in [-0.4, -0.2) is 33.6 Å². The Balaban J connectivity index is 0.000000249. The molecule has 2 aliphatic rings. The average molecular weight is 422 g/mol. The number of imidazole rings is 1. The standard InChI is InChI=1S/C16H14ClF2N3.C6H12O/c17-10-1-2-12-11(7-10)14-13(8-20-12)21-15(22-14)9-3-5-16(18,19)6-4-9;1-6-4-2-3-5-7-6/h1-2,7-9H,3-6H2,(H,21,22);6H,2-5H2,1H3/t;6-/m.1/s1. The Morgan fingerprint density at radius 2 is 1.97 bits per heavy atom. The number of ether oxygens (including phenoxy) is 1. The summed E-state index contributed by atoms with van der Waals surface area (Å²) in [4.78, 5) is 12.3. The van der Waals surface area contributed by atoms with Crippen LogP contribution in [0.2, 0.25) is 5.02 Å². The second kappa shape index (κ2) is 8.52. The van der Waals surface area contributed by atoms with Crippen LogP contribution in [-0.2, 0) is 4.74 Å². The van der Waals surface area contributed by atoms with Gasteiger partial charge in [-0.1, -0.05) is 11.6 Å². The Morgan fingerprint density at radius 3 is 2.62 bits per heavy atom. The maximum Gasteiger partial charge on any atom is 0.248 e. The summed E-state index contributed by atoms with van der Waals surface area (Å²) in [7, 11) is 0. The molecule has 3 aromatic rings. The minimum atomic E-state index is -2.52. The van der Waals surface area contributed by atoms with Gasteiger partial charge >= 0.3 is 0 Å². The number of pyridine rings is 1. The quantitative estimate of drug-likeness (QED) is 0.479. The van der Waals surface area contributed by atoms with Gasteiger partial charge in [0.15, 0.2) is 0 Å². The Morgan fingerprint density at radius 1 is 1.17 bits per heavy atom. The maximum atomic E-state index is 13.3. The highest BCUT2D eigenvalue weighted by molar-refractivity contribution is 6.31. The third-order valence-corrected chi connectivity index (χ3v) is 6.04. The number of H-pyrrole nitrogens is 1. The van der Waals surface area contributed by atoms with Crippen molar-refractivity contribution in [1.29, 1.82) is 0 Å². The molecule has 2 fully saturated rings. The van der Waals surface area contributed by atoms with E-state index in [4.69, 9.17) is 16.3 Å². The number of benzene rings is 1. The number of aromatic nitrogens is 3. The molecule has 0 amide bonds. The van der Waals surface area contributed by atoms with Gasteiger partial charge in [-0.3, -0.25) is 4.98 Å². The van der Waals surface area contributed by atoms with E-state index in [1.54, 1.807) is 12.3 Å². The van der Waals surface area contributed by atoms with Gasteiger partial charge < -0.3 is 9.72 Å². The minimum absolute atomic E-state index is 0.0567. The Labute approximate surface area is 174 Å². The van der Waals surface area contributed by atoms with E-state index in [0.29, 0.717) is 24.0 Å². The number of aromatic amines is 1. The highest BCUT2D eigenvalue weighted by atomic mass is 35.5. The second-order valence-corrected chi connectivity index (χ2v) is 8.55. The first kappa shape index (κ1) is 20.5. The van der Waals surface area contributed by atoms with Gasteiger partial charge in [0.1, 0.15) is 5.82 Å². The van der Waals surface area contributed by atoms with Gasteiger partial charge in [-0.15, -0.1) is 0 Å². The third kappa shape index (κ3) is 4.86. The van der Waals surface area contributed by atoms with Crippen LogP contribution in [0.1, 0.15) is 63.6 Å². The normalized spacial score (nSPS) is 22.4. The zero-order valence-electron chi connectivity index (χ0n) is 16.6. The molecule has 1 aliphatic carbocycles. The van der Waals surface area contributed by atoms with E-state index >= 15 is 0 Å². The molecule has 1 atom stereocenters. The lowest BCUT2D eigenvalue weighted by molar-refractivity contribution is -0.0387. The molecule has 0 unspecified atom stereocenters. The number of fused-ring (bicyclic) bond motifs is 3. The number of hydrogen-bond acceptors (Lipinski definition) is 3. The maximum absolute atomic E-state index is 13.3. The number of nitrogens with zero attached hydrogens (tertiary/aromatic N) is 2. The second-order valence-electron chi connectivity index (χ2n) is 8.11. The first-order valence-corrected chi connectivity index (χ1v) is 10.7. The number of halogens is 3. The van der Waals surface area contributed by atoms with Crippen molar-refractivity contribution in [3.8, 4) is 0 Å². The summed E-state index contributed by atoms with van der Waals surface area (Å²) in [5, 5.41) is 1.51. The summed E-state index contributed by atoms with van der Waals surface area (Å²) in [5.41, 5.74) is 2.45. The van der Waals surface area contributed by atoms with Gasteiger partial charge in [-0.2, -0.15) is 0 Å². The van der Waals surface area contributed by atoms with E-state index in [-0.39, 0.29) is 18.8 Å². The Bertz CT molecular complexity index is 975. The van der Waals surface area contributed by atoms with Crippen molar-refractivity contribution < 1.29 is 13.5 Å². The molecule has 3 heterocycles. The molecule has 0 spiro atoms. The molecular formula is C22H26ClF2N3O. The first-order chi connectivity index (χ1) is 13.9. The van der Waals surface area contributed by atoms with Crippen LogP contribution in [0.15, 0.2) is 24.4 Å². The molecule has 1 saturated heterocycles. The highest BCUT2D eigenvalue weighted by Gasteiger charge is 2.36. The summed E-state index contributed by atoms with van der Waals surface area (Å²) < 4.78 is 31.9. The summed E-state index contributed by atoms with van der Waals surface area (Å²) >= 11 is 6.06. The van der Waals surface area contributed by atoms with Crippen LogP contribution in [0.3, 0.4) is 0 Å². The zero-order chi connectivity index (χ0) is 20.4.